The van der Waals surface area contributed by atoms with Crippen LogP contribution in [0.5, 0.6) is 0 Å². The van der Waals surface area contributed by atoms with Gasteiger partial charge in [-0.3, -0.25) is 14.6 Å². The van der Waals surface area contributed by atoms with E-state index < -0.39 is 30.1 Å². The van der Waals surface area contributed by atoms with Crippen LogP contribution in [0.15, 0.2) is 66.9 Å². The second kappa shape index (κ2) is 11.5. The average Bonchev–Trinajstić information content (AvgIpc) is 2.85. The molecule has 33 heavy (non-hydrogen) atoms. The molecule has 0 saturated heterocycles. The molecule has 2 aromatic carbocycles. The van der Waals surface area contributed by atoms with E-state index in [0.717, 1.165) is 16.5 Å². The number of nitrogens with one attached hydrogen (secondary N) is 2. The van der Waals surface area contributed by atoms with Crippen LogP contribution >= 0.6 is 0 Å². The maximum Gasteiger partial charge on any atom is 0.247 e. The van der Waals surface area contributed by atoms with Crippen LogP contribution in [0.3, 0.4) is 0 Å². The number of hydrogen-bond donors (Lipinski definition) is 6. The van der Waals surface area contributed by atoms with Crippen molar-refractivity contribution in [3.8, 4) is 0 Å². The number of nitrogens with zero attached hydrogens (tertiary/aromatic N) is 1. The number of anilines is 1. The first-order valence-electron chi connectivity index (χ1n) is 10.9. The van der Waals surface area contributed by atoms with Crippen molar-refractivity contribution in [3.63, 3.8) is 0 Å². The van der Waals surface area contributed by atoms with Crippen LogP contribution in [0, 0.1) is 0 Å². The Hall–Kier alpha value is -3.37. The van der Waals surface area contributed by atoms with E-state index in [9.17, 15) is 9.59 Å². The molecule has 174 valence electrons. The number of nitrogens with two attached hydrogens (primary N) is 4. The van der Waals surface area contributed by atoms with Gasteiger partial charge in [-0.1, -0.05) is 48.5 Å². The number of rotatable bonds is 10. The number of aromatic nitrogens is 1. The Bertz CT molecular complexity index is 1080. The quantitative estimate of drug-likeness (QED) is 0.257. The summed E-state index contributed by atoms with van der Waals surface area (Å²) in [6.45, 7) is 0.0923. The van der Waals surface area contributed by atoms with Crippen molar-refractivity contribution in [2.75, 3.05) is 11.9 Å². The molecule has 10 N–H and O–H groups in total. The SMILES string of the molecule is NCC(N)C(N)C(N)C(=O)NC(CCc1ccccc1)C(=O)Nc1cnc2ccccc2c1. The molecule has 3 aromatic rings. The van der Waals surface area contributed by atoms with Crippen molar-refractivity contribution in [2.45, 2.75) is 37.0 Å². The van der Waals surface area contributed by atoms with E-state index in [-0.39, 0.29) is 12.5 Å². The minimum Gasteiger partial charge on any atom is -0.343 e. The summed E-state index contributed by atoms with van der Waals surface area (Å²) >= 11 is 0. The second-order valence-electron chi connectivity index (χ2n) is 7.99. The van der Waals surface area contributed by atoms with E-state index in [4.69, 9.17) is 22.9 Å². The van der Waals surface area contributed by atoms with Gasteiger partial charge >= 0.3 is 0 Å². The van der Waals surface area contributed by atoms with Crippen molar-refractivity contribution in [1.82, 2.24) is 10.3 Å². The number of pyridine rings is 1. The van der Waals surface area contributed by atoms with Crippen LogP contribution in [0.2, 0.25) is 0 Å². The van der Waals surface area contributed by atoms with Gasteiger partial charge in [0.15, 0.2) is 0 Å². The topological polar surface area (TPSA) is 175 Å². The third-order valence-electron chi connectivity index (χ3n) is 5.54. The van der Waals surface area contributed by atoms with Crippen molar-refractivity contribution >= 4 is 28.4 Å². The molecule has 0 aliphatic carbocycles. The standard InChI is InChI=1S/C24H31N7O2/c25-13-18(26)21(27)22(28)24(33)31-20(11-10-15-6-2-1-3-7-15)23(32)30-17-12-16-8-4-5-9-19(16)29-14-17/h1-9,12,14,18,20-22H,10-11,13,25-28H2,(H,30,32)(H,31,33). The lowest BCUT2D eigenvalue weighted by Gasteiger charge is -2.26. The molecule has 9 heteroatoms. The number of hydrogen-bond acceptors (Lipinski definition) is 7. The average molecular weight is 450 g/mol. The number of amides is 2. The Balaban J connectivity index is 1.74. The Labute approximate surface area is 192 Å². The number of benzene rings is 2. The predicted octanol–water partition coefficient (Wildman–Crippen LogP) is 0.232. The fourth-order valence-electron chi connectivity index (χ4n) is 3.46. The highest BCUT2D eigenvalue weighted by Gasteiger charge is 2.29. The summed E-state index contributed by atoms with van der Waals surface area (Å²) in [4.78, 5) is 30.2. The van der Waals surface area contributed by atoms with Gasteiger partial charge in [0.25, 0.3) is 0 Å². The zero-order valence-corrected chi connectivity index (χ0v) is 18.4. The van der Waals surface area contributed by atoms with Gasteiger partial charge in [-0.15, -0.1) is 0 Å². The smallest absolute Gasteiger partial charge is 0.247 e. The van der Waals surface area contributed by atoms with Crippen LogP contribution in [-0.4, -0.2) is 47.5 Å². The number of aryl methyl sites for hydroxylation is 1. The lowest BCUT2D eigenvalue weighted by molar-refractivity contribution is -0.127. The van der Waals surface area contributed by atoms with E-state index in [0.29, 0.717) is 18.5 Å². The molecule has 0 radical (unpaired) electrons. The lowest BCUT2D eigenvalue weighted by Crippen LogP contribution is -2.62. The van der Waals surface area contributed by atoms with Crippen molar-refractivity contribution in [3.05, 3.63) is 72.4 Å². The Morgan fingerprint density at radius 3 is 2.36 bits per heavy atom. The third-order valence-corrected chi connectivity index (χ3v) is 5.54. The summed E-state index contributed by atoms with van der Waals surface area (Å²) in [5.41, 5.74) is 25.7. The minimum atomic E-state index is -1.10. The maximum atomic E-state index is 13.1. The first kappa shape index (κ1) is 24.3. The van der Waals surface area contributed by atoms with Crippen LogP contribution in [0.4, 0.5) is 5.69 Å². The van der Waals surface area contributed by atoms with Gasteiger partial charge in [0.05, 0.1) is 17.4 Å². The number of para-hydroxylation sites is 1. The van der Waals surface area contributed by atoms with E-state index in [1.54, 1.807) is 6.20 Å². The van der Waals surface area contributed by atoms with E-state index >= 15 is 0 Å². The molecule has 0 bridgehead atoms. The first-order chi connectivity index (χ1) is 15.9. The van der Waals surface area contributed by atoms with Crippen LogP contribution in [0.1, 0.15) is 12.0 Å². The van der Waals surface area contributed by atoms with Crippen LogP contribution in [-0.2, 0) is 16.0 Å². The maximum absolute atomic E-state index is 13.1. The highest BCUT2D eigenvalue weighted by Crippen LogP contribution is 2.17. The van der Waals surface area contributed by atoms with Gasteiger partial charge in [0, 0.05) is 24.0 Å². The summed E-state index contributed by atoms with van der Waals surface area (Å²) < 4.78 is 0. The molecule has 9 nitrogen and oxygen atoms in total. The van der Waals surface area contributed by atoms with E-state index in [1.165, 1.54) is 0 Å². The number of fused-ring (bicyclic) bond motifs is 1. The fraction of sp³-hybridized carbons (Fsp3) is 0.292. The van der Waals surface area contributed by atoms with E-state index in [1.807, 2.05) is 60.7 Å². The second-order valence-corrected chi connectivity index (χ2v) is 7.99. The molecule has 0 aliphatic rings. The summed E-state index contributed by atoms with van der Waals surface area (Å²) in [6, 6.07) is 15.7. The molecular weight excluding hydrogens is 418 g/mol. The van der Waals surface area contributed by atoms with Gasteiger partial charge in [0.2, 0.25) is 11.8 Å². The Kier molecular flexibility index (Phi) is 8.45. The van der Waals surface area contributed by atoms with Crippen LogP contribution < -0.4 is 33.6 Å². The molecule has 4 unspecified atom stereocenters. The zero-order valence-electron chi connectivity index (χ0n) is 18.4. The van der Waals surface area contributed by atoms with E-state index in [2.05, 4.69) is 15.6 Å². The molecular formula is C24H31N7O2. The van der Waals surface area contributed by atoms with Gasteiger partial charge in [-0.25, -0.2) is 0 Å². The molecule has 0 aliphatic heterocycles. The Morgan fingerprint density at radius 1 is 0.939 bits per heavy atom. The van der Waals surface area contributed by atoms with Crippen molar-refractivity contribution in [1.29, 1.82) is 0 Å². The number of carbonyl (C=O) groups is 2. The van der Waals surface area contributed by atoms with Gasteiger partial charge in [-0.05, 0) is 30.5 Å². The molecule has 0 saturated carbocycles. The highest BCUT2D eigenvalue weighted by molar-refractivity contribution is 5.99. The molecule has 0 fully saturated rings. The predicted molar refractivity (Wildman–Crippen MR) is 130 cm³/mol. The summed E-state index contributed by atoms with van der Waals surface area (Å²) in [5, 5.41) is 6.47. The molecule has 1 heterocycles. The van der Waals surface area contributed by atoms with Gasteiger partial charge in [0.1, 0.15) is 12.1 Å². The third kappa shape index (κ3) is 6.56. The summed E-state index contributed by atoms with van der Waals surface area (Å²) in [5.74, 6) is -0.934. The normalized spacial score (nSPS) is 14.8. The molecule has 0 spiro atoms. The number of carbonyl (C=O) groups excluding carboxylic acids is 2. The Morgan fingerprint density at radius 2 is 1.64 bits per heavy atom. The van der Waals surface area contributed by atoms with Crippen molar-refractivity contribution in [2.24, 2.45) is 22.9 Å². The lowest BCUT2D eigenvalue weighted by atomic mass is 10.00. The summed E-state index contributed by atoms with van der Waals surface area (Å²) in [6.07, 6.45) is 2.53. The molecule has 3 rings (SSSR count). The van der Waals surface area contributed by atoms with Gasteiger partial charge < -0.3 is 33.6 Å². The van der Waals surface area contributed by atoms with Crippen LogP contribution in [0.25, 0.3) is 10.9 Å². The highest BCUT2D eigenvalue weighted by atomic mass is 16.2. The minimum absolute atomic E-state index is 0.0923. The zero-order chi connectivity index (χ0) is 23.8. The molecule has 1 aromatic heterocycles. The molecule has 2 amide bonds. The molecule has 4 atom stereocenters. The fourth-order valence-corrected chi connectivity index (χ4v) is 3.46. The summed E-state index contributed by atoms with van der Waals surface area (Å²) in [7, 11) is 0. The largest absolute Gasteiger partial charge is 0.343 e. The van der Waals surface area contributed by atoms with Gasteiger partial charge in [-0.2, -0.15) is 0 Å². The van der Waals surface area contributed by atoms with Crippen molar-refractivity contribution < 1.29 is 9.59 Å². The first-order valence-corrected chi connectivity index (χ1v) is 10.9. The monoisotopic (exact) mass is 449 g/mol.